The summed E-state index contributed by atoms with van der Waals surface area (Å²) in [5.74, 6) is 0. The maximum absolute atomic E-state index is 9.36. The molecule has 4 nitrogen and oxygen atoms in total. The Bertz CT molecular complexity index is 124. The first-order chi connectivity index (χ1) is 2.64. The van der Waals surface area contributed by atoms with E-state index in [0.717, 1.165) is 0 Å². The van der Waals surface area contributed by atoms with Crippen molar-refractivity contribution in [2.75, 3.05) is 0 Å². The summed E-state index contributed by atoms with van der Waals surface area (Å²) in [4.78, 5) is 0. The predicted molar refractivity (Wildman–Crippen MR) is 2.75 cm³/mol. The van der Waals surface area contributed by atoms with Crippen LogP contribution in [0, 0.1) is 37.2 Å². The van der Waals surface area contributed by atoms with E-state index in [1.54, 1.807) is 0 Å². The van der Waals surface area contributed by atoms with Gasteiger partial charge in [-0.25, -0.2) is 0 Å². The minimum atomic E-state index is -4.25. The standard InChI is InChI=1S/Np.4O.Pu. The molecular weight excluding hydrogens is 545 g/mol. The topological polar surface area (TPSA) is 68.3 Å². The van der Waals surface area contributed by atoms with Crippen molar-refractivity contribution in [3.05, 3.63) is 0 Å². The molecule has 0 aliphatic carbocycles. The Morgan fingerprint density at radius 1 is 1.17 bits per heavy atom. The van der Waals surface area contributed by atoms with Crippen LogP contribution >= 0.6 is 0 Å². The molecule has 0 bridgehead atoms. The fourth-order valence-electron chi connectivity index (χ4n) is 0. The third-order valence-electron chi connectivity index (χ3n) is 0.122. The summed E-state index contributed by atoms with van der Waals surface area (Å²) in [5, 5.41) is 0. The quantitative estimate of drug-likeness (QED) is 0.447. The molecule has 0 radical (unpaired) electrons. The molecule has 0 aliphatic rings. The van der Waals surface area contributed by atoms with Gasteiger partial charge in [-0.3, -0.25) is 0 Å². The van der Waals surface area contributed by atoms with Crippen molar-refractivity contribution in [2.24, 2.45) is 0 Å². The van der Waals surface area contributed by atoms with Gasteiger partial charge in [0, 0.05) is 0 Å². The van der Waals surface area contributed by atoms with Gasteiger partial charge in [0.1, 0.15) is 0 Å². The average Bonchev–Trinajstić information content (AvgIpc) is 1.36. The van der Waals surface area contributed by atoms with Crippen molar-refractivity contribution in [3.63, 3.8) is 0 Å². The molecule has 0 aromatic heterocycles. The summed E-state index contributed by atoms with van der Waals surface area (Å²) in [7, 11) is 0. The van der Waals surface area contributed by atoms with E-state index in [9.17, 15) is 9.68 Å². The first-order valence-electron chi connectivity index (χ1n) is 0.881. The Hall–Kier alpha value is 1.20. The van der Waals surface area contributed by atoms with Crippen LogP contribution in [0.25, 0.3) is 0 Å². The van der Waals surface area contributed by atoms with Crippen LogP contribution in [0.5, 0.6) is 0 Å². The number of hydrogen-bond acceptors (Lipinski definition) is 4. The minimum absolute atomic E-state index is 4.19. The zero-order valence-corrected chi connectivity index (χ0v) is 9.61. The average molecular weight is 545 g/mol. The third kappa shape index (κ3) is 3.39. The van der Waals surface area contributed by atoms with Crippen molar-refractivity contribution < 1.29 is 46.9 Å². The SMILES string of the molecule is [O]=[Np](=[O])[Pu](=[O])=[O]. The monoisotopic (exact) mass is 538 g/mol. The zero-order chi connectivity index (χ0) is 5.15. The summed E-state index contributed by atoms with van der Waals surface area (Å²) in [6.45, 7) is 0. The van der Waals surface area contributed by atoms with Gasteiger partial charge in [-0.05, 0) is 0 Å². The Kier molecular flexibility index (Phi) is 3.88. The molecule has 0 fully saturated rings. The summed E-state index contributed by atoms with van der Waals surface area (Å²) >= 11 is -8.45. The van der Waals surface area contributed by atoms with Crippen LogP contribution < -0.4 is 0 Å². The zero-order valence-electron chi connectivity index (χ0n) is 2.49. The van der Waals surface area contributed by atoms with E-state index in [-0.39, 0.29) is 0 Å². The van der Waals surface area contributed by atoms with Gasteiger partial charge in [0.2, 0.25) is 0 Å². The Morgan fingerprint density at radius 3 is 1.33 bits per heavy atom. The molecule has 6 heavy (non-hydrogen) atoms. The van der Waals surface area contributed by atoms with E-state index in [0.29, 0.717) is 0 Å². The molecule has 6 heteroatoms. The molecule has 0 saturated heterocycles. The van der Waals surface area contributed by atoms with Gasteiger partial charge in [-0.2, -0.15) is 0 Å². The molecular formula is NpO4Pu. The fraction of sp³-hybridized carbons (Fsp3) is 0. The molecule has 35 valence electrons. The summed E-state index contributed by atoms with van der Waals surface area (Å²) in [6, 6.07) is 0. The molecule has 0 amide bonds. The predicted octanol–water partition coefficient (Wildman–Crippen LogP) is -0.475. The molecule has 0 aromatic rings. The van der Waals surface area contributed by atoms with Crippen molar-refractivity contribution in [1.82, 2.24) is 0 Å². The Morgan fingerprint density at radius 2 is 1.33 bits per heavy atom. The van der Waals surface area contributed by atoms with E-state index in [1.165, 1.54) is 0 Å². The molecule has 0 aromatic carbocycles. The number of rotatable bonds is 1. The maximum atomic E-state index is 9.36. The second kappa shape index (κ2) is 3.23. The molecule has 0 saturated carbocycles. The molecule has 0 spiro atoms. The Balaban J connectivity index is 4.38. The van der Waals surface area contributed by atoms with Gasteiger partial charge in [-0.1, -0.05) is 0 Å². The van der Waals surface area contributed by atoms with Gasteiger partial charge in [-0.15, -0.1) is 0 Å². The molecule has 0 rings (SSSR count). The molecule has 0 N–H and O–H groups in total. The van der Waals surface area contributed by atoms with Crippen LogP contribution in [0.2, 0.25) is 0 Å². The second-order valence-corrected chi connectivity index (χ2v) is 27.3. The molecule has 0 unspecified atom stereocenters. The van der Waals surface area contributed by atoms with Crippen LogP contribution in [0.15, 0.2) is 0 Å². The van der Waals surface area contributed by atoms with Crippen molar-refractivity contribution in [3.8, 4) is 0 Å². The van der Waals surface area contributed by atoms with Crippen molar-refractivity contribution in [2.45, 2.75) is 0 Å². The van der Waals surface area contributed by atoms with Crippen LogP contribution in [0.1, 0.15) is 0 Å². The fourth-order valence-corrected chi connectivity index (χ4v) is 0. The van der Waals surface area contributed by atoms with Crippen molar-refractivity contribution >= 4 is 0 Å². The summed E-state index contributed by atoms with van der Waals surface area (Å²) in [6.07, 6.45) is 0. The summed E-state index contributed by atoms with van der Waals surface area (Å²) in [5.41, 5.74) is 0. The van der Waals surface area contributed by atoms with Gasteiger partial charge in [0.05, 0.1) is 0 Å². The van der Waals surface area contributed by atoms with Crippen LogP contribution in [-0.2, 0) is 9.68 Å². The van der Waals surface area contributed by atoms with Crippen molar-refractivity contribution in [1.29, 1.82) is 0 Å². The molecule has 0 heterocycles. The molecule has 0 atom stereocenters. The first-order valence-corrected chi connectivity index (χ1v) is 22.4. The Labute approximate surface area is 46.0 Å². The normalized spacial score (nSPS) is 7.33. The first kappa shape index (κ1) is 7.20. The molecule has 0 aliphatic heterocycles. The van der Waals surface area contributed by atoms with Crippen LogP contribution in [-0.4, -0.2) is 0 Å². The van der Waals surface area contributed by atoms with E-state index in [1.807, 2.05) is 0 Å². The van der Waals surface area contributed by atoms with Crippen LogP contribution in [0.3, 0.4) is 0 Å². The van der Waals surface area contributed by atoms with E-state index >= 15 is 0 Å². The second-order valence-electron chi connectivity index (χ2n) is 0.441. The number of hydrogen-bond donors (Lipinski definition) is 0. The van der Waals surface area contributed by atoms with E-state index < -0.39 is 37.2 Å². The van der Waals surface area contributed by atoms with E-state index in [2.05, 4.69) is 0 Å². The van der Waals surface area contributed by atoms with Crippen LogP contribution in [0.4, 0.5) is 0 Å². The summed E-state index contributed by atoms with van der Waals surface area (Å²) < 4.78 is 37.4. The van der Waals surface area contributed by atoms with E-state index in [4.69, 9.17) is 0 Å². The van der Waals surface area contributed by atoms with Gasteiger partial charge < -0.3 is 0 Å². The van der Waals surface area contributed by atoms with Gasteiger partial charge in [0.25, 0.3) is 0 Å². The van der Waals surface area contributed by atoms with Gasteiger partial charge >= 0.3 is 46.9 Å². The van der Waals surface area contributed by atoms with Gasteiger partial charge in [0.15, 0.2) is 0 Å². The third-order valence-corrected chi connectivity index (χ3v) is 10.6.